The van der Waals surface area contributed by atoms with Crippen molar-refractivity contribution in [2.24, 2.45) is 0 Å². The summed E-state index contributed by atoms with van der Waals surface area (Å²) >= 11 is 0. The van der Waals surface area contributed by atoms with E-state index in [4.69, 9.17) is 0 Å². The third-order valence-electron chi connectivity index (χ3n) is 2.30. The Hall–Kier alpha value is -0.740. The standard InChI is InChI=1S/C13H20N/c1-14(2)12-8-4-7-11-13-9-5-3-6-10-13/h3,9H,4-6,8,10,12H2,1-2H3. The summed E-state index contributed by atoms with van der Waals surface area (Å²) in [5.41, 5.74) is 1.34. The van der Waals surface area contributed by atoms with Crippen molar-refractivity contribution in [2.75, 3.05) is 20.6 Å². The van der Waals surface area contributed by atoms with E-state index >= 15 is 0 Å². The summed E-state index contributed by atoms with van der Waals surface area (Å²) in [6, 6.07) is 0. The number of rotatable bonds is 3. The maximum atomic E-state index is 3.27. The van der Waals surface area contributed by atoms with E-state index in [0.29, 0.717) is 0 Å². The topological polar surface area (TPSA) is 3.24 Å². The first kappa shape index (κ1) is 11.3. The predicted octanol–water partition coefficient (Wildman–Crippen LogP) is 2.65. The molecule has 1 radical (unpaired) electrons. The molecule has 0 amide bonds. The zero-order valence-corrected chi connectivity index (χ0v) is 9.34. The molecule has 14 heavy (non-hydrogen) atoms. The zero-order valence-electron chi connectivity index (χ0n) is 9.34. The van der Waals surface area contributed by atoms with Crippen LogP contribution in [0.1, 0.15) is 32.1 Å². The minimum Gasteiger partial charge on any atom is -0.309 e. The van der Waals surface area contributed by atoms with Crippen LogP contribution < -0.4 is 0 Å². The van der Waals surface area contributed by atoms with Gasteiger partial charge < -0.3 is 4.90 Å². The van der Waals surface area contributed by atoms with Crippen LogP contribution in [0.5, 0.6) is 0 Å². The SMILES string of the molecule is CN(C)CCCC#CC1=CC[CH]CC1. The van der Waals surface area contributed by atoms with Crippen LogP contribution >= 0.6 is 0 Å². The maximum absolute atomic E-state index is 3.27. The summed E-state index contributed by atoms with van der Waals surface area (Å²) < 4.78 is 0. The lowest BCUT2D eigenvalue weighted by Crippen LogP contribution is -2.12. The molecule has 77 valence electrons. The van der Waals surface area contributed by atoms with Crippen LogP contribution in [-0.2, 0) is 0 Å². The summed E-state index contributed by atoms with van der Waals surface area (Å²) in [7, 11) is 4.21. The Morgan fingerprint density at radius 1 is 1.43 bits per heavy atom. The van der Waals surface area contributed by atoms with Crippen molar-refractivity contribution in [1.29, 1.82) is 0 Å². The van der Waals surface area contributed by atoms with E-state index in [2.05, 4.69) is 43.3 Å². The molecule has 0 aromatic carbocycles. The molecule has 0 bridgehead atoms. The molecule has 1 heteroatoms. The Labute approximate surface area is 88.2 Å². The molecule has 0 aromatic heterocycles. The van der Waals surface area contributed by atoms with Crippen LogP contribution in [-0.4, -0.2) is 25.5 Å². The van der Waals surface area contributed by atoms with Crippen molar-refractivity contribution < 1.29 is 0 Å². The summed E-state index contributed by atoms with van der Waals surface area (Å²) in [5.74, 6) is 6.52. The summed E-state index contributed by atoms with van der Waals surface area (Å²) in [5, 5.41) is 0. The molecule has 1 aliphatic rings. The molecular weight excluding hydrogens is 170 g/mol. The minimum atomic E-state index is 1.03. The van der Waals surface area contributed by atoms with Crippen molar-refractivity contribution in [1.82, 2.24) is 4.90 Å². The molecule has 1 nitrogen and oxygen atoms in total. The van der Waals surface area contributed by atoms with Crippen molar-refractivity contribution in [3.8, 4) is 11.8 Å². The number of allylic oxidation sites excluding steroid dienone is 2. The van der Waals surface area contributed by atoms with Gasteiger partial charge in [-0.2, -0.15) is 0 Å². The van der Waals surface area contributed by atoms with Gasteiger partial charge in [-0.05, 0) is 58.3 Å². The van der Waals surface area contributed by atoms with E-state index in [1.165, 1.54) is 18.4 Å². The maximum Gasteiger partial charge on any atom is 0.0104 e. The van der Waals surface area contributed by atoms with Gasteiger partial charge in [0.1, 0.15) is 0 Å². The van der Waals surface area contributed by atoms with Gasteiger partial charge in [0.15, 0.2) is 0 Å². The number of unbranched alkanes of at least 4 members (excludes halogenated alkanes) is 1. The van der Waals surface area contributed by atoms with E-state index in [1.807, 2.05) is 0 Å². The van der Waals surface area contributed by atoms with Gasteiger partial charge in [-0.25, -0.2) is 0 Å². The van der Waals surface area contributed by atoms with Gasteiger partial charge in [-0.15, -0.1) is 0 Å². The van der Waals surface area contributed by atoms with Gasteiger partial charge in [0.2, 0.25) is 0 Å². The third-order valence-corrected chi connectivity index (χ3v) is 2.30. The first-order valence-corrected chi connectivity index (χ1v) is 5.43. The third kappa shape index (κ3) is 5.09. The second kappa shape index (κ2) is 6.68. The van der Waals surface area contributed by atoms with Crippen molar-refractivity contribution in [3.63, 3.8) is 0 Å². The van der Waals surface area contributed by atoms with Gasteiger partial charge in [0, 0.05) is 6.42 Å². The molecule has 0 spiro atoms. The predicted molar refractivity (Wildman–Crippen MR) is 61.8 cm³/mol. The van der Waals surface area contributed by atoms with Crippen LogP contribution in [0, 0.1) is 18.3 Å². The van der Waals surface area contributed by atoms with E-state index < -0.39 is 0 Å². The first-order chi connectivity index (χ1) is 6.79. The van der Waals surface area contributed by atoms with Crippen LogP contribution in [0.2, 0.25) is 0 Å². The molecule has 0 heterocycles. The van der Waals surface area contributed by atoms with Gasteiger partial charge in [0.25, 0.3) is 0 Å². The molecule has 0 fully saturated rings. The Balaban J connectivity index is 2.16. The second-order valence-corrected chi connectivity index (χ2v) is 4.00. The highest BCUT2D eigenvalue weighted by Crippen LogP contribution is 2.15. The lowest BCUT2D eigenvalue weighted by atomic mass is 10.00. The molecule has 1 aliphatic carbocycles. The fourth-order valence-corrected chi connectivity index (χ4v) is 1.48. The fourth-order valence-electron chi connectivity index (χ4n) is 1.48. The van der Waals surface area contributed by atoms with E-state index in [1.54, 1.807) is 0 Å². The highest BCUT2D eigenvalue weighted by molar-refractivity contribution is 5.30. The zero-order chi connectivity index (χ0) is 10.2. The summed E-state index contributed by atoms with van der Waals surface area (Å²) in [6.45, 7) is 1.14. The number of nitrogens with zero attached hydrogens (tertiary/aromatic N) is 1. The number of hydrogen-bond acceptors (Lipinski definition) is 1. The normalized spacial score (nSPS) is 16.1. The number of hydrogen-bond donors (Lipinski definition) is 0. The first-order valence-electron chi connectivity index (χ1n) is 5.43. The molecule has 0 atom stereocenters. The highest BCUT2D eigenvalue weighted by Gasteiger charge is 1.99. The summed E-state index contributed by atoms with van der Waals surface area (Å²) in [6.07, 6.45) is 10.2. The quantitative estimate of drug-likeness (QED) is 0.488. The van der Waals surface area contributed by atoms with Gasteiger partial charge in [0.05, 0.1) is 0 Å². The van der Waals surface area contributed by atoms with Crippen molar-refractivity contribution in [2.45, 2.75) is 32.1 Å². The largest absolute Gasteiger partial charge is 0.309 e. The molecule has 1 rings (SSSR count). The average Bonchev–Trinajstić information content (AvgIpc) is 2.18. The van der Waals surface area contributed by atoms with Crippen LogP contribution in [0.4, 0.5) is 0 Å². The summed E-state index contributed by atoms with van der Waals surface area (Å²) in [4.78, 5) is 2.20. The monoisotopic (exact) mass is 190 g/mol. The minimum absolute atomic E-state index is 1.03. The molecule has 0 saturated heterocycles. The van der Waals surface area contributed by atoms with Crippen LogP contribution in [0.25, 0.3) is 0 Å². The Bertz CT molecular complexity index is 240. The van der Waals surface area contributed by atoms with Crippen LogP contribution in [0.15, 0.2) is 11.6 Å². The van der Waals surface area contributed by atoms with Gasteiger partial charge in [-0.1, -0.05) is 17.9 Å². The molecule has 0 aliphatic heterocycles. The Kier molecular flexibility index (Phi) is 5.40. The molecule has 0 unspecified atom stereocenters. The van der Waals surface area contributed by atoms with E-state index in [-0.39, 0.29) is 0 Å². The molecule has 0 N–H and O–H groups in total. The highest BCUT2D eigenvalue weighted by atomic mass is 15.0. The lowest BCUT2D eigenvalue weighted by Gasteiger charge is -2.06. The Morgan fingerprint density at radius 3 is 2.93 bits per heavy atom. The Morgan fingerprint density at radius 2 is 2.29 bits per heavy atom. The molecule has 0 aromatic rings. The molecule has 0 saturated carbocycles. The fraction of sp³-hybridized carbons (Fsp3) is 0.615. The van der Waals surface area contributed by atoms with E-state index in [0.717, 1.165) is 25.8 Å². The van der Waals surface area contributed by atoms with Gasteiger partial charge in [-0.3, -0.25) is 0 Å². The van der Waals surface area contributed by atoms with Gasteiger partial charge >= 0.3 is 0 Å². The van der Waals surface area contributed by atoms with Crippen LogP contribution in [0.3, 0.4) is 0 Å². The second-order valence-electron chi connectivity index (χ2n) is 4.00. The van der Waals surface area contributed by atoms with Crippen molar-refractivity contribution >= 4 is 0 Å². The average molecular weight is 190 g/mol. The molecular formula is C13H20N. The van der Waals surface area contributed by atoms with Crippen molar-refractivity contribution in [3.05, 3.63) is 18.1 Å². The smallest absolute Gasteiger partial charge is 0.0104 e. The lowest BCUT2D eigenvalue weighted by molar-refractivity contribution is 0.403. The van der Waals surface area contributed by atoms with E-state index in [9.17, 15) is 0 Å².